The topological polar surface area (TPSA) is 33.1 Å². The van der Waals surface area contributed by atoms with Crippen LogP contribution in [0.2, 0.25) is 0 Å². The molecule has 0 aromatic carbocycles. The Morgan fingerprint density at radius 3 is 1.94 bits per heavy atom. The minimum atomic E-state index is -6.21. The molecule has 1 unspecified atom stereocenters. The number of aromatic nitrogens is 1. The molecule has 1 aromatic heterocycles. The molecule has 0 saturated carbocycles. The molecular formula is C8H5F6NO. The van der Waals surface area contributed by atoms with Crippen LogP contribution in [-0.4, -0.2) is 22.2 Å². The Kier molecular flexibility index (Phi) is 2.88. The second kappa shape index (κ2) is 3.62. The van der Waals surface area contributed by atoms with E-state index in [9.17, 15) is 26.3 Å². The lowest BCUT2D eigenvalue weighted by Crippen LogP contribution is -2.52. The SMILES string of the molecule is OC(F)(c1ccccn1)C(F)(F)C(F)(F)F. The Labute approximate surface area is 85.5 Å². The van der Waals surface area contributed by atoms with Crippen LogP contribution in [0.15, 0.2) is 24.4 Å². The second-order valence-electron chi connectivity index (χ2n) is 2.91. The van der Waals surface area contributed by atoms with E-state index in [-0.39, 0.29) is 0 Å². The molecule has 0 fully saturated rings. The van der Waals surface area contributed by atoms with Crippen molar-refractivity contribution in [2.75, 3.05) is 0 Å². The molecule has 0 radical (unpaired) electrons. The van der Waals surface area contributed by atoms with Crippen molar-refractivity contribution in [3.05, 3.63) is 30.1 Å². The number of halogens is 6. The van der Waals surface area contributed by atoms with Gasteiger partial charge >= 0.3 is 18.0 Å². The summed E-state index contributed by atoms with van der Waals surface area (Å²) < 4.78 is 73.8. The van der Waals surface area contributed by atoms with Gasteiger partial charge in [0.05, 0.1) is 0 Å². The van der Waals surface area contributed by atoms with Crippen molar-refractivity contribution in [2.24, 2.45) is 0 Å². The highest BCUT2D eigenvalue weighted by atomic mass is 19.4. The molecule has 1 heterocycles. The summed E-state index contributed by atoms with van der Waals surface area (Å²) in [6.07, 6.45) is -5.43. The van der Waals surface area contributed by atoms with Gasteiger partial charge in [-0.05, 0) is 12.1 Å². The molecule has 0 aliphatic carbocycles. The zero-order valence-corrected chi connectivity index (χ0v) is 7.47. The summed E-state index contributed by atoms with van der Waals surface area (Å²) in [5.41, 5.74) is -1.41. The van der Waals surface area contributed by atoms with Crippen molar-refractivity contribution < 1.29 is 31.4 Å². The average molecular weight is 245 g/mol. The van der Waals surface area contributed by atoms with Crippen LogP contribution in [0.25, 0.3) is 0 Å². The maximum atomic E-state index is 13.1. The van der Waals surface area contributed by atoms with Crippen LogP contribution < -0.4 is 0 Å². The molecular weight excluding hydrogens is 240 g/mol. The first kappa shape index (κ1) is 12.8. The number of pyridine rings is 1. The van der Waals surface area contributed by atoms with Gasteiger partial charge in [0.15, 0.2) is 0 Å². The van der Waals surface area contributed by atoms with E-state index < -0.39 is 23.6 Å². The van der Waals surface area contributed by atoms with Crippen LogP contribution in [0, 0.1) is 0 Å². The Hall–Kier alpha value is -1.31. The molecule has 1 N–H and O–H groups in total. The Balaban J connectivity index is 3.22. The standard InChI is InChI=1S/C8H5F6NO/c9-6(16,5-3-1-2-4-15-5)7(10,11)8(12,13)14/h1-4,16H. The number of rotatable bonds is 2. The lowest BCUT2D eigenvalue weighted by molar-refractivity contribution is -0.380. The van der Waals surface area contributed by atoms with E-state index in [4.69, 9.17) is 5.11 Å². The Morgan fingerprint density at radius 2 is 1.56 bits per heavy atom. The van der Waals surface area contributed by atoms with Crippen molar-refractivity contribution in [1.82, 2.24) is 4.98 Å². The Morgan fingerprint density at radius 1 is 1.00 bits per heavy atom. The predicted octanol–water partition coefficient (Wildman–Crippen LogP) is 2.39. The summed E-state index contributed by atoms with van der Waals surface area (Å²) in [7, 11) is 0. The molecule has 8 heteroatoms. The molecule has 0 aliphatic heterocycles. The monoisotopic (exact) mass is 245 g/mol. The van der Waals surface area contributed by atoms with Crippen molar-refractivity contribution >= 4 is 0 Å². The third-order valence-corrected chi connectivity index (χ3v) is 1.78. The van der Waals surface area contributed by atoms with Crippen molar-refractivity contribution in [3.8, 4) is 0 Å². The number of hydrogen-bond acceptors (Lipinski definition) is 2. The fraction of sp³-hybridized carbons (Fsp3) is 0.375. The van der Waals surface area contributed by atoms with Gasteiger partial charge in [0.25, 0.3) is 0 Å². The minimum absolute atomic E-state index is 0.527. The van der Waals surface area contributed by atoms with E-state index in [1.807, 2.05) is 0 Å². The third kappa shape index (κ3) is 1.84. The molecule has 1 aromatic rings. The highest BCUT2D eigenvalue weighted by molar-refractivity contribution is 5.14. The molecule has 0 bridgehead atoms. The number of hydrogen-bond donors (Lipinski definition) is 1. The highest BCUT2D eigenvalue weighted by Crippen LogP contribution is 2.48. The van der Waals surface area contributed by atoms with Crippen LogP contribution in [0.1, 0.15) is 5.69 Å². The first-order valence-electron chi connectivity index (χ1n) is 3.88. The lowest BCUT2D eigenvalue weighted by atomic mass is 10.1. The van der Waals surface area contributed by atoms with Crippen molar-refractivity contribution in [2.45, 2.75) is 18.0 Å². The zero-order chi connectivity index (χ0) is 12.6. The summed E-state index contributed by atoms with van der Waals surface area (Å²) in [4.78, 5) is 2.93. The van der Waals surface area contributed by atoms with Crippen LogP contribution >= 0.6 is 0 Å². The first-order chi connectivity index (χ1) is 7.11. The second-order valence-corrected chi connectivity index (χ2v) is 2.91. The number of aliphatic hydroxyl groups is 1. The van der Waals surface area contributed by atoms with Gasteiger partial charge in [-0.3, -0.25) is 4.98 Å². The van der Waals surface area contributed by atoms with Gasteiger partial charge in [-0.25, -0.2) is 0 Å². The van der Waals surface area contributed by atoms with Crippen LogP contribution in [0.5, 0.6) is 0 Å². The van der Waals surface area contributed by atoms with E-state index in [1.54, 1.807) is 0 Å². The molecule has 0 spiro atoms. The Bertz CT molecular complexity index is 361. The van der Waals surface area contributed by atoms with Crippen LogP contribution in [0.4, 0.5) is 26.3 Å². The maximum Gasteiger partial charge on any atom is 0.460 e. The van der Waals surface area contributed by atoms with Gasteiger partial charge in [0, 0.05) is 6.20 Å². The molecule has 1 rings (SSSR count). The molecule has 16 heavy (non-hydrogen) atoms. The third-order valence-electron chi connectivity index (χ3n) is 1.78. The molecule has 2 nitrogen and oxygen atoms in total. The molecule has 0 saturated heterocycles. The van der Waals surface area contributed by atoms with Gasteiger partial charge in [0.2, 0.25) is 0 Å². The van der Waals surface area contributed by atoms with E-state index in [0.29, 0.717) is 6.07 Å². The zero-order valence-electron chi connectivity index (χ0n) is 7.47. The highest BCUT2D eigenvalue weighted by Gasteiger charge is 2.72. The van der Waals surface area contributed by atoms with E-state index in [2.05, 4.69) is 4.98 Å². The van der Waals surface area contributed by atoms with Crippen molar-refractivity contribution in [3.63, 3.8) is 0 Å². The summed E-state index contributed by atoms with van der Waals surface area (Å²) in [6.45, 7) is 0. The van der Waals surface area contributed by atoms with Crippen LogP contribution in [-0.2, 0) is 5.85 Å². The lowest BCUT2D eigenvalue weighted by Gasteiger charge is -2.29. The van der Waals surface area contributed by atoms with E-state index in [1.165, 1.54) is 6.07 Å². The van der Waals surface area contributed by atoms with Gasteiger partial charge in [-0.15, -0.1) is 0 Å². The fourth-order valence-corrected chi connectivity index (χ4v) is 0.907. The first-order valence-corrected chi connectivity index (χ1v) is 3.88. The van der Waals surface area contributed by atoms with E-state index >= 15 is 0 Å². The normalized spacial score (nSPS) is 16.9. The number of nitrogens with zero attached hydrogens (tertiary/aromatic N) is 1. The summed E-state index contributed by atoms with van der Waals surface area (Å²) in [6, 6.07) is 2.67. The molecule has 0 amide bonds. The largest absolute Gasteiger partial charge is 0.460 e. The maximum absolute atomic E-state index is 13.1. The van der Waals surface area contributed by atoms with Gasteiger partial charge in [0.1, 0.15) is 5.69 Å². The summed E-state index contributed by atoms with van der Waals surface area (Å²) in [5.74, 6) is -10.8. The summed E-state index contributed by atoms with van der Waals surface area (Å²) in [5, 5.41) is 8.65. The smallest absolute Gasteiger partial charge is 0.352 e. The average Bonchev–Trinajstić information content (AvgIpc) is 2.17. The predicted molar refractivity (Wildman–Crippen MR) is 40.2 cm³/mol. The molecule has 0 aliphatic rings. The fourth-order valence-electron chi connectivity index (χ4n) is 0.907. The van der Waals surface area contributed by atoms with E-state index in [0.717, 1.165) is 12.3 Å². The quantitative estimate of drug-likeness (QED) is 0.811. The van der Waals surface area contributed by atoms with Gasteiger partial charge in [-0.1, -0.05) is 6.07 Å². The molecule has 1 atom stereocenters. The number of alkyl halides is 6. The summed E-state index contributed by atoms with van der Waals surface area (Å²) >= 11 is 0. The minimum Gasteiger partial charge on any atom is -0.352 e. The van der Waals surface area contributed by atoms with Gasteiger partial charge < -0.3 is 5.11 Å². The van der Waals surface area contributed by atoms with Gasteiger partial charge in [-0.2, -0.15) is 26.3 Å². The van der Waals surface area contributed by atoms with Crippen molar-refractivity contribution in [1.29, 1.82) is 0 Å². The van der Waals surface area contributed by atoms with Crippen LogP contribution in [0.3, 0.4) is 0 Å². The molecule has 90 valence electrons.